The predicted octanol–water partition coefficient (Wildman–Crippen LogP) is 3.72. The van der Waals surface area contributed by atoms with Gasteiger partial charge in [-0.15, -0.1) is 0 Å². The number of aromatic nitrogens is 3. The highest BCUT2D eigenvalue weighted by atomic mass is 28.3. The number of hydrogen-bond acceptors (Lipinski definition) is 6. The summed E-state index contributed by atoms with van der Waals surface area (Å²) in [6, 6.07) is 5.20. The van der Waals surface area contributed by atoms with Gasteiger partial charge in [-0.3, -0.25) is 4.79 Å². The zero-order chi connectivity index (χ0) is 23.1. The molecular formula is C23H36N6O2Si. The van der Waals surface area contributed by atoms with Crippen molar-refractivity contribution in [1.82, 2.24) is 19.4 Å². The van der Waals surface area contributed by atoms with E-state index in [1.54, 1.807) is 6.33 Å². The van der Waals surface area contributed by atoms with Crippen LogP contribution < -0.4 is 4.90 Å². The van der Waals surface area contributed by atoms with Crippen molar-refractivity contribution in [1.29, 1.82) is 5.26 Å². The fourth-order valence-electron chi connectivity index (χ4n) is 4.00. The monoisotopic (exact) mass is 456 g/mol. The van der Waals surface area contributed by atoms with Gasteiger partial charge in [0.05, 0.1) is 11.5 Å². The Morgan fingerprint density at radius 1 is 1.28 bits per heavy atom. The molecule has 3 heterocycles. The summed E-state index contributed by atoms with van der Waals surface area (Å²) < 4.78 is 7.98. The summed E-state index contributed by atoms with van der Waals surface area (Å²) in [5.74, 6) is 1.24. The fraction of sp³-hybridized carbons (Fsp3) is 0.652. The van der Waals surface area contributed by atoms with Crippen molar-refractivity contribution < 1.29 is 9.53 Å². The van der Waals surface area contributed by atoms with Gasteiger partial charge in [0.1, 0.15) is 30.9 Å². The highest BCUT2D eigenvalue weighted by Crippen LogP contribution is 2.26. The molecule has 1 aliphatic heterocycles. The average Bonchev–Trinajstić information content (AvgIpc) is 3.18. The Labute approximate surface area is 192 Å². The van der Waals surface area contributed by atoms with Crippen molar-refractivity contribution in [3.05, 3.63) is 18.6 Å². The van der Waals surface area contributed by atoms with Crippen LogP contribution in [0.3, 0.4) is 0 Å². The maximum absolute atomic E-state index is 12.3. The van der Waals surface area contributed by atoms with Gasteiger partial charge in [-0.2, -0.15) is 5.26 Å². The van der Waals surface area contributed by atoms with E-state index >= 15 is 0 Å². The minimum Gasteiger partial charge on any atom is -0.361 e. The first-order valence-corrected chi connectivity index (χ1v) is 15.3. The molecule has 32 heavy (non-hydrogen) atoms. The average molecular weight is 457 g/mol. The Kier molecular flexibility index (Phi) is 8.26. The first-order valence-electron chi connectivity index (χ1n) is 11.6. The van der Waals surface area contributed by atoms with Crippen molar-refractivity contribution in [2.45, 2.75) is 58.6 Å². The number of rotatable bonds is 7. The summed E-state index contributed by atoms with van der Waals surface area (Å²) in [7, 11) is -1.11. The van der Waals surface area contributed by atoms with E-state index in [0.717, 1.165) is 55.4 Å². The molecule has 174 valence electrons. The summed E-state index contributed by atoms with van der Waals surface area (Å²) in [6.07, 6.45) is 5.42. The van der Waals surface area contributed by atoms with Gasteiger partial charge in [-0.1, -0.05) is 26.6 Å². The van der Waals surface area contributed by atoms with Crippen molar-refractivity contribution in [3.63, 3.8) is 0 Å². The van der Waals surface area contributed by atoms with Crippen LogP contribution >= 0.6 is 0 Å². The van der Waals surface area contributed by atoms with E-state index in [-0.39, 0.29) is 12.3 Å². The van der Waals surface area contributed by atoms with Crippen molar-refractivity contribution in [3.8, 4) is 6.07 Å². The molecule has 2 aromatic rings. The van der Waals surface area contributed by atoms with Gasteiger partial charge in [0.25, 0.3) is 0 Å². The Bertz CT molecular complexity index is 948. The molecule has 0 N–H and O–H groups in total. The van der Waals surface area contributed by atoms with E-state index < -0.39 is 8.07 Å². The lowest BCUT2D eigenvalue weighted by Crippen LogP contribution is -2.35. The van der Waals surface area contributed by atoms with E-state index in [4.69, 9.17) is 10.00 Å². The third kappa shape index (κ3) is 6.53. The van der Waals surface area contributed by atoms with E-state index in [1.165, 1.54) is 0 Å². The fourth-order valence-corrected chi connectivity index (χ4v) is 4.76. The van der Waals surface area contributed by atoms with E-state index in [1.807, 2.05) is 21.7 Å². The maximum atomic E-state index is 12.3. The number of nitrogens with zero attached hydrogens (tertiary/aromatic N) is 6. The first-order chi connectivity index (χ1) is 15.3. The van der Waals surface area contributed by atoms with Gasteiger partial charge in [-0.25, -0.2) is 9.97 Å². The Morgan fingerprint density at radius 2 is 2.09 bits per heavy atom. The lowest BCUT2D eigenvalue weighted by Gasteiger charge is -2.24. The molecule has 3 rings (SSSR count). The number of anilines is 1. The standard InChI is InChI=1S/C23H36N6O2Si/c1-19-7-12-27(10-5-11-28(16-19)21(30)6-9-24)22-20-8-13-29(23(20)26-17-25-22)18-31-14-15-32(2,3)4/h8,13,17,19H,5-7,10-12,14-16,18H2,1-4H3/t19-/m1/s1. The molecule has 0 spiro atoms. The third-order valence-corrected chi connectivity index (χ3v) is 7.63. The highest BCUT2D eigenvalue weighted by molar-refractivity contribution is 6.76. The second kappa shape index (κ2) is 10.9. The molecule has 1 atom stereocenters. The molecule has 2 aromatic heterocycles. The molecule has 0 aliphatic carbocycles. The zero-order valence-electron chi connectivity index (χ0n) is 19.9. The van der Waals surface area contributed by atoms with Crippen molar-refractivity contribution in [2.75, 3.05) is 37.7 Å². The third-order valence-electron chi connectivity index (χ3n) is 5.92. The molecule has 1 fully saturated rings. The van der Waals surface area contributed by atoms with Gasteiger partial charge in [-0.05, 0) is 30.9 Å². The maximum Gasteiger partial charge on any atom is 0.236 e. The van der Waals surface area contributed by atoms with Crippen LogP contribution in [0.25, 0.3) is 11.0 Å². The van der Waals surface area contributed by atoms with Gasteiger partial charge in [0.15, 0.2) is 0 Å². The number of carbonyl (C=O) groups is 1. The lowest BCUT2D eigenvalue weighted by atomic mass is 10.1. The largest absolute Gasteiger partial charge is 0.361 e. The quantitative estimate of drug-likeness (QED) is 0.466. The number of amides is 1. The molecule has 0 saturated carbocycles. The number of ether oxygens (including phenoxy) is 1. The second-order valence-corrected chi connectivity index (χ2v) is 15.6. The van der Waals surface area contributed by atoms with Crippen LogP contribution in [0.5, 0.6) is 0 Å². The van der Waals surface area contributed by atoms with Crippen LogP contribution in [0.15, 0.2) is 18.6 Å². The van der Waals surface area contributed by atoms with Crippen LogP contribution in [-0.4, -0.2) is 66.2 Å². The minimum atomic E-state index is -1.11. The molecular weight excluding hydrogens is 420 g/mol. The van der Waals surface area contributed by atoms with Gasteiger partial charge < -0.3 is 19.1 Å². The molecule has 0 aromatic carbocycles. The van der Waals surface area contributed by atoms with Crippen LogP contribution in [0, 0.1) is 17.2 Å². The van der Waals surface area contributed by atoms with E-state index in [9.17, 15) is 4.79 Å². The predicted molar refractivity (Wildman–Crippen MR) is 129 cm³/mol. The Balaban J connectivity index is 1.71. The molecule has 9 heteroatoms. The normalized spacial score (nSPS) is 18.2. The molecule has 1 amide bonds. The van der Waals surface area contributed by atoms with Crippen LogP contribution in [-0.2, 0) is 16.3 Å². The highest BCUT2D eigenvalue weighted by Gasteiger charge is 2.22. The summed E-state index contributed by atoms with van der Waals surface area (Å²) in [4.78, 5) is 25.6. The van der Waals surface area contributed by atoms with E-state index in [0.29, 0.717) is 25.7 Å². The number of carbonyl (C=O) groups excluding carboxylic acids is 1. The van der Waals surface area contributed by atoms with Crippen LogP contribution in [0.4, 0.5) is 5.82 Å². The smallest absolute Gasteiger partial charge is 0.236 e. The summed E-state index contributed by atoms with van der Waals surface area (Å²) >= 11 is 0. The molecule has 0 bridgehead atoms. The van der Waals surface area contributed by atoms with E-state index in [2.05, 4.69) is 47.5 Å². The molecule has 1 saturated heterocycles. The topological polar surface area (TPSA) is 87.3 Å². The Hall–Kier alpha value is -2.44. The summed E-state index contributed by atoms with van der Waals surface area (Å²) in [6.45, 7) is 13.6. The summed E-state index contributed by atoms with van der Waals surface area (Å²) in [5.41, 5.74) is 0.891. The van der Waals surface area contributed by atoms with Crippen LogP contribution in [0.2, 0.25) is 25.7 Å². The molecule has 0 unspecified atom stereocenters. The molecule has 8 nitrogen and oxygen atoms in total. The van der Waals surface area contributed by atoms with Crippen molar-refractivity contribution >= 4 is 30.8 Å². The zero-order valence-corrected chi connectivity index (χ0v) is 20.9. The number of hydrogen-bond donors (Lipinski definition) is 0. The first kappa shape index (κ1) is 24.2. The number of nitriles is 1. The molecule has 1 aliphatic rings. The van der Waals surface area contributed by atoms with Gasteiger partial charge in [0, 0.05) is 47.1 Å². The second-order valence-electron chi connectivity index (χ2n) is 9.98. The SMILES string of the molecule is C[C@@H]1CCN(c2ncnc3c2ccn3COCC[Si](C)(C)C)CCCN(C(=O)CC#N)C1. The summed E-state index contributed by atoms with van der Waals surface area (Å²) in [5, 5.41) is 9.92. The Morgan fingerprint density at radius 3 is 2.84 bits per heavy atom. The minimum absolute atomic E-state index is 0.0451. The van der Waals surface area contributed by atoms with Crippen LogP contribution in [0.1, 0.15) is 26.2 Å². The van der Waals surface area contributed by atoms with Crippen molar-refractivity contribution in [2.24, 2.45) is 5.92 Å². The lowest BCUT2D eigenvalue weighted by molar-refractivity contribution is -0.130. The van der Waals surface area contributed by atoms with Gasteiger partial charge in [0.2, 0.25) is 5.91 Å². The molecule has 0 radical (unpaired) electrons. The number of fused-ring (bicyclic) bond motifs is 1. The van der Waals surface area contributed by atoms with Gasteiger partial charge >= 0.3 is 0 Å².